The number of pyridine rings is 1. The number of fused-ring (bicyclic) bond motifs is 1. The van der Waals surface area contributed by atoms with Crippen molar-refractivity contribution in [3.63, 3.8) is 0 Å². The van der Waals surface area contributed by atoms with Gasteiger partial charge in [-0.2, -0.15) is 0 Å². The maximum atomic E-state index is 12.8. The summed E-state index contributed by atoms with van der Waals surface area (Å²) in [5, 5.41) is 5.72. The number of likely N-dealkylation sites (tertiary alicyclic amines) is 1. The normalized spacial score (nSPS) is 13.9. The van der Waals surface area contributed by atoms with Crippen LogP contribution in [0.2, 0.25) is 0 Å². The molecular formula is C21H21N3O2S. The number of para-hydroxylation sites is 1. The fourth-order valence-corrected chi connectivity index (χ4v) is 4.10. The first-order valence-corrected chi connectivity index (χ1v) is 10.1. The molecule has 3 heterocycles. The number of carbonyl (C=O) groups is 2. The van der Waals surface area contributed by atoms with Crippen molar-refractivity contribution < 1.29 is 9.59 Å². The molecule has 1 saturated heterocycles. The first-order chi connectivity index (χ1) is 13.2. The van der Waals surface area contributed by atoms with E-state index in [0.29, 0.717) is 18.5 Å². The Morgan fingerprint density at radius 3 is 2.70 bits per heavy atom. The molecule has 1 fully saturated rings. The first kappa shape index (κ1) is 17.7. The van der Waals surface area contributed by atoms with Crippen LogP contribution in [-0.2, 0) is 4.79 Å². The standard InChI is InChI=1S/C21H21N3O2S/c25-20(24-11-3-4-12-24)9-10-22-21(26)16-14-18(19-8-5-13-27-19)23-17-7-2-1-6-15(16)17/h1-2,5-8,13-14H,3-4,9-12H2,(H,22,26). The van der Waals surface area contributed by atoms with E-state index in [9.17, 15) is 9.59 Å². The molecule has 1 aliphatic rings. The molecule has 2 aromatic heterocycles. The van der Waals surface area contributed by atoms with Crippen molar-refractivity contribution in [3.8, 4) is 10.6 Å². The largest absolute Gasteiger partial charge is 0.351 e. The highest BCUT2D eigenvalue weighted by atomic mass is 32.1. The van der Waals surface area contributed by atoms with E-state index in [4.69, 9.17) is 4.98 Å². The molecule has 3 aromatic rings. The molecule has 1 N–H and O–H groups in total. The maximum absolute atomic E-state index is 12.8. The zero-order valence-corrected chi connectivity index (χ0v) is 15.8. The van der Waals surface area contributed by atoms with E-state index in [1.807, 2.05) is 52.7 Å². The second kappa shape index (κ2) is 7.88. The quantitative estimate of drug-likeness (QED) is 0.735. The van der Waals surface area contributed by atoms with Crippen LogP contribution in [0.1, 0.15) is 29.6 Å². The number of carbonyl (C=O) groups excluding carboxylic acids is 2. The summed E-state index contributed by atoms with van der Waals surface area (Å²) in [6, 6.07) is 13.5. The molecular weight excluding hydrogens is 358 g/mol. The van der Waals surface area contributed by atoms with Crippen molar-refractivity contribution in [1.29, 1.82) is 0 Å². The van der Waals surface area contributed by atoms with E-state index in [1.165, 1.54) is 0 Å². The van der Waals surface area contributed by atoms with Gasteiger partial charge in [-0.05, 0) is 36.4 Å². The molecule has 2 amide bonds. The van der Waals surface area contributed by atoms with Gasteiger partial charge in [-0.25, -0.2) is 4.98 Å². The van der Waals surface area contributed by atoms with Crippen LogP contribution in [0.15, 0.2) is 47.8 Å². The Kier molecular flexibility index (Phi) is 5.16. The molecule has 5 nitrogen and oxygen atoms in total. The smallest absolute Gasteiger partial charge is 0.252 e. The third-order valence-corrected chi connectivity index (χ3v) is 5.71. The second-order valence-electron chi connectivity index (χ2n) is 6.64. The van der Waals surface area contributed by atoms with Gasteiger partial charge in [0.05, 0.1) is 21.7 Å². The molecule has 0 atom stereocenters. The zero-order chi connectivity index (χ0) is 18.6. The van der Waals surface area contributed by atoms with Crippen molar-refractivity contribution in [2.24, 2.45) is 0 Å². The summed E-state index contributed by atoms with van der Waals surface area (Å²) >= 11 is 1.60. The molecule has 0 saturated carbocycles. The van der Waals surface area contributed by atoms with E-state index in [2.05, 4.69) is 5.32 Å². The molecule has 27 heavy (non-hydrogen) atoms. The van der Waals surface area contributed by atoms with Crippen molar-refractivity contribution in [2.75, 3.05) is 19.6 Å². The number of hydrogen-bond acceptors (Lipinski definition) is 4. The molecule has 0 bridgehead atoms. The number of nitrogens with one attached hydrogen (secondary N) is 1. The van der Waals surface area contributed by atoms with Gasteiger partial charge in [0.15, 0.2) is 0 Å². The van der Waals surface area contributed by atoms with Gasteiger partial charge in [0, 0.05) is 31.4 Å². The third kappa shape index (κ3) is 3.85. The van der Waals surface area contributed by atoms with Gasteiger partial charge >= 0.3 is 0 Å². The minimum Gasteiger partial charge on any atom is -0.351 e. The lowest BCUT2D eigenvalue weighted by atomic mass is 10.1. The maximum Gasteiger partial charge on any atom is 0.252 e. The Morgan fingerprint density at radius 1 is 1.11 bits per heavy atom. The van der Waals surface area contributed by atoms with Gasteiger partial charge < -0.3 is 10.2 Å². The summed E-state index contributed by atoms with van der Waals surface area (Å²) in [5.41, 5.74) is 2.18. The van der Waals surface area contributed by atoms with Crippen LogP contribution in [-0.4, -0.2) is 41.3 Å². The Balaban J connectivity index is 1.53. The summed E-state index contributed by atoms with van der Waals surface area (Å²) in [7, 11) is 0. The van der Waals surface area contributed by atoms with E-state index in [0.717, 1.165) is 47.4 Å². The molecule has 1 aliphatic heterocycles. The van der Waals surface area contributed by atoms with Gasteiger partial charge in [0.25, 0.3) is 5.91 Å². The number of nitrogens with zero attached hydrogens (tertiary/aromatic N) is 2. The van der Waals surface area contributed by atoms with Crippen LogP contribution in [0, 0.1) is 0 Å². The Hall–Kier alpha value is -2.73. The minimum atomic E-state index is -0.166. The highest BCUT2D eigenvalue weighted by molar-refractivity contribution is 7.13. The molecule has 0 radical (unpaired) electrons. The fraction of sp³-hybridized carbons (Fsp3) is 0.286. The van der Waals surface area contributed by atoms with Gasteiger partial charge in [0.2, 0.25) is 5.91 Å². The summed E-state index contributed by atoms with van der Waals surface area (Å²) in [5.74, 6) is -0.0488. The predicted octanol–water partition coefficient (Wildman–Crippen LogP) is 3.71. The van der Waals surface area contributed by atoms with Gasteiger partial charge in [-0.3, -0.25) is 9.59 Å². The third-order valence-electron chi connectivity index (χ3n) is 4.82. The summed E-state index contributed by atoms with van der Waals surface area (Å²) in [6.45, 7) is 2.02. The molecule has 0 aliphatic carbocycles. The van der Waals surface area contributed by atoms with E-state index >= 15 is 0 Å². The summed E-state index contributed by atoms with van der Waals surface area (Å²) in [4.78, 5) is 32.6. The lowest BCUT2D eigenvalue weighted by Gasteiger charge is -2.15. The van der Waals surface area contributed by atoms with E-state index in [1.54, 1.807) is 11.3 Å². The average Bonchev–Trinajstić information content (AvgIpc) is 3.40. The van der Waals surface area contributed by atoms with Crippen LogP contribution >= 0.6 is 11.3 Å². The lowest BCUT2D eigenvalue weighted by Crippen LogP contribution is -2.32. The van der Waals surface area contributed by atoms with Crippen LogP contribution < -0.4 is 5.32 Å². The van der Waals surface area contributed by atoms with Crippen LogP contribution in [0.5, 0.6) is 0 Å². The topological polar surface area (TPSA) is 62.3 Å². The van der Waals surface area contributed by atoms with Crippen molar-refractivity contribution >= 4 is 34.1 Å². The number of benzene rings is 1. The average molecular weight is 379 g/mol. The number of amides is 2. The SMILES string of the molecule is O=C(NCCC(=O)N1CCCC1)c1cc(-c2cccs2)nc2ccccc12. The number of thiophene rings is 1. The van der Waals surface area contributed by atoms with Gasteiger partial charge in [-0.15, -0.1) is 11.3 Å². The molecule has 138 valence electrons. The van der Waals surface area contributed by atoms with Gasteiger partial charge in [0.1, 0.15) is 0 Å². The highest BCUT2D eigenvalue weighted by Crippen LogP contribution is 2.27. The van der Waals surface area contributed by atoms with Crippen molar-refractivity contribution in [1.82, 2.24) is 15.2 Å². The summed E-state index contributed by atoms with van der Waals surface area (Å²) in [6.07, 6.45) is 2.49. The minimum absolute atomic E-state index is 0.117. The predicted molar refractivity (Wildman–Crippen MR) is 108 cm³/mol. The Morgan fingerprint density at radius 2 is 1.93 bits per heavy atom. The fourth-order valence-electron chi connectivity index (χ4n) is 3.42. The molecule has 0 spiro atoms. The van der Waals surface area contributed by atoms with E-state index < -0.39 is 0 Å². The number of aromatic nitrogens is 1. The molecule has 6 heteroatoms. The van der Waals surface area contributed by atoms with Gasteiger partial charge in [-0.1, -0.05) is 24.3 Å². The zero-order valence-electron chi connectivity index (χ0n) is 15.0. The van der Waals surface area contributed by atoms with Crippen LogP contribution in [0.25, 0.3) is 21.5 Å². The Bertz CT molecular complexity index is 963. The Labute approximate surface area is 162 Å². The van der Waals surface area contributed by atoms with Crippen LogP contribution in [0.4, 0.5) is 0 Å². The van der Waals surface area contributed by atoms with Crippen molar-refractivity contribution in [2.45, 2.75) is 19.3 Å². The number of hydrogen-bond donors (Lipinski definition) is 1. The second-order valence-corrected chi connectivity index (χ2v) is 7.59. The lowest BCUT2D eigenvalue weighted by molar-refractivity contribution is -0.129. The first-order valence-electron chi connectivity index (χ1n) is 9.22. The number of rotatable bonds is 5. The summed E-state index contributed by atoms with van der Waals surface area (Å²) < 4.78 is 0. The van der Waals surface area contributed by atoms with Crippen LogP contribution in [0.3, 0.4) is 0 Å². The van der Waals surface area contributed by atoms with E-state index in [-0.39, 0.29) is 11.8 Å². The van der Waals surface area contributed by atoms with Crippen molar-refractivity contribution in [3.05, 3.63) is 53.4 Å². The monoisotopic (exact) mass is 379 g/mol. The molecule has 1 aromatic carbocycles. The highest BCUT2D eigenvalue weighted by Gasteiger charge is 2.18. The molecule has 4 rings (SSSR count). The molecule has 0 unspecified atom stereocenters.